The van der Waals surface area contributed by atoms with E-state index in [0.29, 0.717) is 29.0 Å². The van der Waals surface area contributed by atoms with Crippen LogP contribution in [-0.4, -0.2) is 42.3 Å². The lowest BCUT2D eigenvalue weighted by atomic mass is 10.1. The molecule has 2 heterocycles. The molecule has 3 rings (SSSR count). The monoisotopic (exact) mass is 537 g/mol. The van der Waals surface area contributed by atoms with Gasteiger partial charge in [-0.3, -0.25) is 14.6 Å². The lowest BCUT2D eigenvalue weighted by Crippen LogP contribution is -2.33. The minimum Gasteiger partial charge on any atom is -0.493 e. The van der Waals surface area contributed by atoms with Gasteiger partial charge in [0.25, 0.3) is 0 Å². The topological polar surface area (TPSA) is 124 Å². The van der Waals surface area contributed by atoms with Crippen LogP contribution in [0.4, 0.5) is 5.82 Å². The molecule has 0 aliphatic carbocycles. The minimum absolute atomic E-state index is 0.205. The number of fused-ring (bicyclic) bond motifs is 1. The van der Waals surface area contributed by atoms with E-state index in [0.717, 1.165) is 17.0 Å². The number of methoxy groups -OCH3 is 2. The van der Waals surface area contributed by atoms with Gasteiger partial charge in [-0.05, 0) is 37.7 Å². The van der Waals surface area contributed by atoms with Gasteiger partial charge in [0.05, 0.1) is 19.6 Å². The first kappa shape index (κ1) is 28.5. The van der Waals surface area contributed by atoms with Gasteiger partial charge in [-0.15, -0.1) is 19.4 Å². The Morgan fingerprint density at radius 2 is 1.89 bits per heavy atom. The third kappa shape index (κ3) is 8.24. The van der Waals surface area contributed by atoms with Crippen LogP contribution < -0.4 is 35.4 Å². The van der Waals surface area contributed by atoms with E-state index in [-0.39, 0.29) is 24.2 Å². The molecule has 1 aromatic heterocycles. The number of hydrogen-bond acceptors (Lipinski definition) is 8. The third-order valence-corrected chi connectivity index (χ3v) is 5.94. The summed E-state index contributed by atoms with van der Waals surface area (Å²) in [4.78, 5) is 29.0. The molecule has 2 unspecified atom stereocenters. The van der Waals surface area contributed by atoms with Crippen LogP contribution in [0.2, 0.25) is 0 Å². The highest BCUT2D eigenvalue weighted by Gasteiger charge is 2.14. The first-order valence-corrected chi connectivity index (χ1v) is 12.6. The van der Waals surface area contributed by atoms with Gasteiger partial charge in [0.15, 0.2) is 17.3 Å². The Kier molecular flexibility index (Phi) is 10.5. The predicted octanol–water partition coefficient (Wildman–Crippen LogP) is 2.78. The molecule has 2 N–H and O–H groups in total. The van der Waals surface area contributed by atoms with Gasteiger partial charge in [0, 0.05) is 36.0 Å². The van der Waals surface area contributed by atoms with Crippen LogP contribution >= 0.6 is 9.24 Å². The quantitative estimate of drug-likeness (QED) is 0.271. The number of carbonyl (C=O) groups excluding carboxylic acids is 2. The fraction of sp³-hybridized carbons (Fsp3) is 0.296. The lowest BCUT2D eigenvalue weighted by Gasteiger charge is -2.12. The van der Waals surface area contributed by atoms with Crippen LogP contribution in [0, 0.1) is 0 Å². The first-order chi connectivity index (χ1) is 18.3. The van der Waals surface area contributed by atoms with Crippen LogP contribution in [0.15, 0.2) is 65.1 Å². The molecule has 0 bridgehead atoms. The summed E-state index contributed by atoms with van der Waals surface area (Å²) in [7, 11) is 5.72. The first-order valence-electron chi connectivity index (χ1n) is 12.0. The number of hydrogen-bond donors (Lipinski definition) is 2. The van der Waals surface area contributed by atoms with Crippen molar-refractivity contribution in [2.75, 3.05) is 19.5 Å². The molecular formula is C27H32N5O5P. The van der Waals surface area contributed by atoms with Crippen molar-refractivity contribution in [2.24, 2.45) is 4.99 Å². The van der Waals surface area contributed by atoms with E-state index in [1.807, 2.05) is 44.2 Å². The van der Waals surface area contributed by atoms with Gasteiger partial charge in [-0.25, -0.2) is 0 Å². The lowest BCUT2D eigenvalue weighted by molar-refractivity contribution is -0.127. The van der Waals surface area contributed by atoms with Crippen molar-refractivity contribution in [3.8, 4) is 17.4 Å². The average Bonchev–Trinajstić information content (AvgIpc) is 2.89. The van der Waals surface area contributed by atoms with Crippen LogP contribution in [0.5, 0.6) is 17.4 Å². The molecular weight excluding hydrogens is 505 g/mol. The number of nitrogens with one attached hydrogen (secondary N) is 2. The van der Waals surface area contributed by atoms with Gasteiger partial charge >= 0.3 is 0 Å². The highest BCUT2D eigenvalue weighted by Crippen LogP contribution is 2.23. The summed E-state index contributed by atoms with van der Waals surface area (Å²) in [6.07, 6.45) is 10.3. The molecule has 0 radical (unpaired) electrons. The van der Waals surface area contributed by atoms with Crippen LogP contribution in [0.25, 0.3) is 5.76 Å². The maximum atomic E-state index is 12.3. The summed E-state index contributed by atoms with van der Waals surface area (Å²) in [6, 6.07) is 6.53. The molecule has 38 heavy (non-hydrogen) atoms. The summed E-state index contributed by atoms with van der Waals surface area (Å²) < 4.78 is 16.9. The van der Waals surface area contributed by atoms with Gasteiger partial charge in [0.1, 0.15) is 12.2 Å². The van der Waals surface area contributed by atoms with E-state index in [2.05, 4.69) is 35.1 Å². The summed E-state index contributed by atoms with van der Waals surface area (Å²) in [5.74, 6) is 1.31. The Balaban J connectivity index is 1.68. The molecule has 1 aromatic carbocycles. The van der Waals surface area contributed by atoms with Crippen molar-refractivity contribution in [3.05, 3.63) is 70.7 Å². The Bertz CT molecular complexity index is 1370. The second-order valence-corrected chi connectivity index (χ2v) is 8.95. The van der Waals surface area contributed by atoms with E-state index in [1.54, 1.807) is 38.6 Å². The number of ether oxygens (including phenoxy) is 3. The fourth-order valence-electron chi connectivity index (χ4n) is 3.47. The Labute approximate surface area is 223 Å². The smallest absolute Gasteiger partial charge is 0.238 e. The normalized spacial score (nSPS) is 17.2. The van der Waals surface area contributed by atoms with Crippen molar-refractivity contribution < 1.29 is 23.8 Å². The van der Waals surface area contributed by atoms with Crippen molar-refractivity contribution >= 4 is 32.6 Å². The highest BCUT2D eigenvalue weighted by molar-refractivity contribution is 7.22. The minimum atomic E-state index is -0.500. The number of aromatic nitrogens is 2. The number of rotatable bonds is 10. The predicted molar refractivity (Wildman–Crippen MR) is 148 cm³/mol. The van der Waals surface area contributed by atoms with Crippen molar-refractivity contribution in [3.63, 3.8) is 0 Å². The average molecular weight is 538 g/mol. The highest BCUT2D eigenvalue weighted by atomic mass is 31.0. The Hall–Kier alpha value is -4.04. The van der Waals surface area contributed by atoms with Gasteiger partial charge < -0.3 is 24.8 Å². The number of amides is 2. The van der Waals surface area contributed by atoms with Gasteiger partial charge in [0.2, 0.25) is 17.7 Å². The largest absolute Gasteiger partial charge is 0.493 e. The van der Waals surface area contributed by atoms with Crippen LogP contribution in [0.1, 0.15) is 33.1 Å². The molecule has 0 spiro atoms. The number of nitrogens with zero attached hydrogens (tertiary/aromatic N) is 3. The zero-order valence-corrected chi connectivity index (χ0v) is 23.0. The molecule has 200 valence electrons. The van der Waals surface area contributed by atoms with Crippen molar-refractivity contribution in [1.29, 1.82) is 0 Å². The Morgan fingerprint density at radius 1 is 1.13 bits per heavy atom. The summed E-state index contributed by atoms with van der Waals surface area (Å²) >= 11 is 0. The zero-order chi connectivity index (χ0) is 27.5. The molecule has 11 heteroatoms. The molecule has 0 fully saturated rings. The Morgan fingerprint density at radius 3 is 2.58 bits per heavy atom. The van der Waals surface area contributed by atoms with E-state index >= 15 is 0 Å². The molecule has 1 aliphatic rings. The van der Waals surface area contributed by atoms with Crippen LogP contribution in [-0.2, 0) is 9.59 Å². The second kappa shape index (κ2) is 14.0. The molecule has 0 saturated heterocycles. The van der Waals surface area contributed by atoms with E-state index in [9.17, 15) is 9.59 Å². The maximum absolute atomic E-state index is 12.3. The number of benzene rings is 1. The molecule has 0 saturated carbocycles. The number of allylic oxidation sites excluding steroid dienone is 4. The van der Waals surface area contributed by atoms with E-state index in [4.69, 9.17) is 14.2 Å². The molecule has 2 aromatic rings. The summed E-state index contributed by atoms with van der Waals surface area (Å²) in [5, 5.41) is 15.8. The molecule has 2 atom stereocenters. The maximum Gasteiger partial charge on any atom is 0.238 e. The third-order valence-electron chi connectivity index (χ3n) is 5.42. The SMILES string of the molecule is C/C=C(P)\C=C/C(C)NC(=O)CC(=O)Nc1ccc(O\C2=c3/cc(OC)c(OC)c/c3=N/C=C\CC2)nn1. The van der Waals surface area contributed by atoms with Gasteiger partial charge in [-0.1, -0.05) is 24.3 Å². The molecule has 10 nitrogen and oxygen atoms in total. The number of anilines is 1. The fourth-order valence-corrected chi connectivity index (χ4v) is 3.58. The van der Waals surface area contributed by atoms with Gasteiger partial charge in [-0.2, -0.15) is 0 Å². The van der Waals surface area contributed by atoms with E-state index < -0.39 is 11.8 Å². The molecule has 2 amide bonds. The van der Waals surface area contributed by atoms with E-state index in [1.165, 1.54) is 0 Å². The van der Waals surface area contributed by atoms with Crippen LogP contribution in [0.3, 0.4) is 0 Å². The standard InChI is InChI=1S/C27H32N5O5P/c1-5-18(38)10-9-17(2)29-25(33)16-26(34)30-24-11-12-27(32-31-24)37-21-8-6-7-13-28-20-15-23(36-4)22(35-3)14-19(20)21/h5,7,9-15,17H,6,8,16,38H2,1-4H3,(H,29,33)(H,30,31,34)/b10-9-,13-7-,18-5+,21-19+,28-20-. The summed E-state index contributed by atoms with van der Waals surface area (Å²) in [5.41, 5.74) is 0. The van der Waals surface area contributed by atoms with Crippen molar-refractivity contribution in [2.45, 2.75) is 39.2 Å². The second-order valence-electron chi connectivity index (χ2n) is 8.29. The van der Waals surface area contributed by atoms with Crippen molar-refractivity contribution in [1.82, 2.24) is 15.5 Å². The summed E-state index contributed by atoms with van der Waals surface area (Å²) in [6.45, 7) is 3.74. The number of carbonyl (C=O) groups is 2. The zero-order valence-electron chi connectivity index (χ0n) is 21.9. The molecule has 1 aliphatic heterocycles.